The standard InChI is InChI=1S/C16H16FN3O3S2/c1-3-8-18-25(21,22)14-9-13(24-10(14)2)16-19-15(20-23-16)11-4-6-12(17)7-5-11/h4-7,9,18H,3,8H2,1-2H3. The van der Waals surface area contributed by atoms with E-state index in [1.165, 1.54) is 29.5 Å². The SMILES string of the molecule is CCCNS(=O)(=O)c1cc(-c2nc(-c3ccc(F)cc3)no2)sc1C. The van der Waals surface area contributed by atoms with E-state index in [0.29, 0.717) is 34.1 Å². The maximum Gasteiger partial charge on any atom is 0.268 e. The molecular weight excluding hydrogens is 365 g/mol. The molecule has 0 atom stereocenters. The van der Waals surface area contributed by atoms with Gasteiger partial charge in [0.05, 0.1) is 9.77 Å². The molecule has 9 heteroatoms. The Morgan fingerprint density at radius 1 is 1.28 bits per heavy atom. The molecule has 0 aliphatic rings. The fourth-order valence-electron chi connectivity index (χ4n) is 2.19. The molecular formula is C16H16FN3O3S2. The first-order chi connectivity index (χ1) is 11.9. The van der Waals surface area contributed by atoms with Crippen LogP contribution in [0.3, 0.4) is 0 Å². The molecule has 0 aliphatic carbocycles. The van der Waals surface area contributed by atoms with E-state index < -0.39 is 10.0 Å². The van der Waals surface area contributed by atoms with E-state index in [4.69, 9.17) is 4.52 Å². The van der Waals surface area contributed by atoms with Gasteiger partial charge in [-0.05, 0) is 43.7 Å². The highest BCUT2D eigenvalue weighted by molar-refractivity contribution is 7.89. The summed E-state index contributed by atoms with van der Waals surface area (Å²) in [6.45, 7) is 4.00. The predicted molar refractivity (Wildman–Crippen MR) is 93.2 cm³/mol. The van der Waals surface area contributed by atoms with Crippen LogP contribution in [0.4, 0.5) is 4.39 Å². The van der Waals surface area contributed by atoms with Crippen molar-refractivity contribution in [2.45, 2.75) is 25.2 Å². The summed E-state index contributed by atoms with van der Waals surface area (Å²) in [5, 5.41) is 3.88. The Kier molecular flexibility index (Phi) is 4.98. The van der Waals surface area contributed by atoms with Gasteiger partial charge in [0.2, 0.25) is 15.8 Å². The van der Waals surface area contributed by atoms with Gasteiger partial charge >= 0.3 is 0 Å². The second kappa shape index (κ2) is 7.03. The zero-order chi connectivity index (χ0) is 18.0. The number of hydrogen-bond acceptors (Lipinski definition) is 6. The number of benzene rings is 1. The number of nitrogens with one attached hydrogen (secondary N) is 1. The average Bonchev–Trinajstić information content (AvgIpc) is 3.21. The van der Waals surface area contributed by atoms with E-state index >= 15 is 0 Å². The third-order valence-electron chi connectivity index (χ3n) is 3.44. The Morgan fingerprint density at radius 2 is 2.00 bits per heavy atom. The zero-order valence-corrected chi connectivity index (χ0v) is 15.2. The molecule has 0 aliphatic heterocycles. The minimum atomic E-state index is -3.56. The lowest BCUT2D eigenvalue weighted by Gasteiger charge is -2.03. The molecule has 0 amide bonds. The number of aryl methyl sites for hydroxylation is 1. The Morgan fingerprint density at radius 3 is 2.68 bits per heavy atom. The van der Waals surface area contributed by atoms with Crippen LogP contribution in [-0.4, -0.2) is 25.1 Å². The Labute approximate surface area is 148 Å². The summed E-state index contributed by atoms with van der Waals surface area (Å²) in [6, 6.07) is 7.25. The van der Waals surface area contributed by atoms with Crippen molar-refractivity contribution in [3.8, 4) is 22.2 Å². The number of nitrogens with zero attached hydrogens (tertiary/aromatic N) is 2. The number of hydrogen-bond donors (Lipinski definition) is 1. The normalized spacial score (nSPS) is 11.8. The first kappa shape index (κ1) is 17.7. The van der Waals surface area contributed by atoms with Crippen molar-refractivity contribution in [3.63, 3.8) is 0 Å². The minimum absolute atomic E-state index is 0.211. The van der Waals surface area contributed by atoms with Crippen molar-refractivity contribution in [1.82, 2.24) is 14.9 Å². The van der Waals surface area contributed by atoms with Crippen molar-refractivity contribution < 1.29 is 17.3 Å². The van der Waals surface area contributed by atoms with Crippen molar-refractivity contribution >= 4 is 21.4 Å². The van der Waals surface area contributed by atoms with E-state index in [1.54, 1.807) is 19.1 Å². The van der Waals surface area contributed by atoms with Gasteiger partial charge in [-0.15, -0.1) is 11.3 Å². The van der Waals surface area contributed by atoms with E-state index in [-0.39, 0.29) is 16.6 Å². The second-order valence-electron chi connectivity index (χ2n) is 5.36. The summed E-state index contributed by atoms with van der Waals surface area (Å²) in [5.74, 6) is 0.190. The smallest absolute Gasteiger partial charge is 0.268 e. The van der Waals surface area contributed by atoms with Gasteiger partial charge in [-0.25, -0.2) is 17.5 Å². The third kappa shape index (κ3) is 3.78. The molecule has 0 unspecified atom stereocenters. The first-order valence-electron chi connectivity index (χ1n) is 7.61. The zero-order valence-electron chi connectivity index (χ0n) is 13.6. The maximum atomic E-state index is 13.0. The molecule has 3 rings (SSSR count). The highest BCUT2D eigenvalue weighted by Crippen LogP contribution is 2.33. The fourth-order valence-corrected chi connectivity index (χ4v) is 4.84. The molecule has 0 bridgehead atoms. The summed E-state index contributed by atoms with van der Waals surface area (Å²) in [6.07, 6.45) is 0.708. The van der Waals surface area contributed by atoms with Gasteiger partial charge < -0.3 is 4.52 Å². The van der Waals surface area contributed by atoms with Crippen molar-refractivity contribution in [3.05, 3.63) is 41.0 Å². The van der Waals surface area contributed by atoms with Crippen molar-refractivity contribution in [2.24, 2.45) is 0 Å². The van der Waals surface area contributed by atoms with Gasteiger partial charge in [0.25, 0.3) is 5.89 Å². The monoisotopic (exact) mass is 381 g/mol. The van der Waals surface area contributed by atoms with E-state index in [2.05, 4.69) is 14.9 Å². The van der Waals surface area contributed by atoms with E-state index in [9.17, 15) is 12.8 Å². The Balaban J connectivity index is 1.91. The van der Waals surface area contributed by atoms with Gasteiger partial charge in [0.15, 0.2) is 0 Å². The fraction of sp³-hybridized carbons (Fsp3) is 0.250. The molecule has 25 heavy (non-hydrogen) atoms. The van der Waals surface area contributed by atoms with Gasteiger partial charge in [-0.1, -0.05) is 12.1 Å². The quantitative estimate of drug-likeness (QED) is 0.705. The number of sulfonamides is 1. The lowest BCUT2D eigenvalue weighted by atomic mass is 10.2. The number of rotatable bonds is 6. The molecule has 0 saturated carbocycles. The van der Waals surface area contributed by atoms with Crippen LogP contribution in [0, 0.1) is 12.7 Å². The summed E-state index contributed by atoms with van der Waals surface area (Å²) in [7, 11) is -3.56. The van der Waals surface area contributed by atoms with Crippen LogP contribution in [-0.2, 0) is 10.0 Å². The molecule has 1 N–H and O–H groups in total. The van der Waals surface area contributed by atoms with Crippen LogP contribution in [0.25, 0.3) is 22.2 Å². The van der Waals surface area contributed by atoms with Gasteiger partial charge in [0, 0.05) is 17.0 Å². The van der Waals surface area contributed by atoms with Crippen LogP contribution < -0.4 is 4.72 Å². The molecule has 0 fully saturated rings. The molecule has 0 radical (unpaired) electrons. The lowest BCUT2D eigenvalue weighted by molar-refractivity contribution is 0.433. The maximum absolute atomic E-state index is 13.0. The summed E-state index contributed by atoms with van der Waals surface area (Å²) < 4.78 is 45.4. The number of halogens is 1. The van der Waals surface area contributed by atoms with Crippen LogP contribution >= 0.6 is 11.3 Å². The van der Waals surface area contributed by atoms with E-state index in [0.717, 1.165) is 0 Å². The van der Waals surface area contributed by atoms with Crippen LogP contribution in [0.2, 0.25) is 0 Å². The van der Waals surface area contributed by atoms with Crippen LogP contribution in [0.5, 0.6) is 0 Å². The molecule has 2 heterocycles. The third-order valence-corrected chi connectivity index (χ3v) is 6.20. The number of aromatic nitrogens is 2. The molecule has 6 nitrogen and oxygen atoms in total. The molecule has 0 saturated heterocycles. The summed E-state index contributed by atoms with van der Waals surface area (Å²) in [4.78, 5) is 5.69. The average molecular weight is 381 g/mol. The van der Waals surface area contributed by atoms with Crippen LogP contribution in [0.15, 0.2) is 39.8 Å². The molecule has 0 spiro atoms. The summed E-state index contributed by atoms with van der Waals surface area (Å²) in [5.41, 5.74) is 0.613. The minimum Gasteiger partial charge on any atom is -0.333 e. The van der Waals surface area contributed by atoms with Gasteiger partial charge in [-0.3, -0.25) is 0 Å². The Bertz CT molecular complexity index is 978. The topological polar surface area (TPSA) is 85.1 Å². The Hall–Kier alpha value is -2.10. The molecule has 1 aromatic carbocycles. The van der Waals surface area contributed by atoms with Gasteiger partial charge in [-0.2, -0.15) is 4.98 Å². The second-order valence-corrected chi connectivity index (χ2v) is 8.35. The van der Waals surface area contributed by atoms with Crippen molar-refractivity contribution in [1.29, 1.82) is 0 Å². The summed E-state index contributed by atoms with van der Waals surface area (Å²) >= 11 is 1.26. The molecule has 3 aromatic rings. The largest absolute Gasteiger partial charge is 0.333 e. The van der Waals surface area contributed by atoms with Crippen LogP contribution in [0.1, 0.15) is 18.2 Å². The van der Waals surface area contributed by atoms with Gasteiger partial charge in [0.1, 0.15) is 5.82 Å². The first-order valence-corrected chi connectivity index (χ1v) is 9.91. The lowest BCUT2D eigenvalue weighted by Crippen LogP contribution is -2.24. The highest BCUT2D eigenvalue weighted by atomic mass is 32.2. The highest BCUT2D eigenvalue weighted by Gasteiger charge is 2.22. The van der Waals surface area contributed by atoms with Crippen molar-refractivity contribution in [2.75, 3.05) is 6.54 Å². The number of thiophene rings is 1. The molecule has 132 valence electrons. The van der Waals surface area contributed by atoms with E-state index in [1.807, 2.05) is 6.92 Å². The predicted octanol–water partition coefficient (Wildman–Crippen LogP) is 3.60. The molecule has 2 aromatic heterocycles.